The monoisotopic (exact) mass is 289 g/mol. The van der Waals surface area contributed by atoms with E-state index in [9.17, 15) is 10.2 Å². The van der Waals surface area contributed by atoms with Gasteiger partial charge in [-0.15, -0.1) is 5.10 Å². The van der Waals surface area contributed by atoms with Gasteiger partial charge in [0.15, 0.2) is 0 Å². The van der Waals surface area contributed by atoms with Crippen LogP contribution in [0.2, 0.25) is 0 Å². The minimum Gasteiger partial charge on any atom is -0.362 e. The Hall–Kier alpha value is -1.80. The number of aromatic nitrogens is 3. The van der Waals surface area contributed by atoms with Gasteiger partial charge in [-0.1, -0.05) is 35.5 Å². The van der Waals surface area contributed by atoms with E-state index in [-0.39, 0.29) is 18.6 Å². The predicted octanol–water partition coefficient (Wildman–Crippen LogP) is 0.312. The smallest absolute Gasteiger partial charge is 0.217 e. The van der Waals surface area contributed by atoms with Crippen LogP contribution < -0.4 is 0 Å². The summed E-state index contributed by atoms with van der Waals surface area (Å²) in [5, 5.41) is 28.2. The Bertz CT molecular complexity index is 643. The third-order valence-electron chi connectivity index (χ3n) is 3.95. The molecule has 7 heteroatoms. The lowest BCUT2D eigenvalue weighted by Gasteiger charge is -2.36. The molecule has 0 unspecified atom stereocenters. The van der Waals surface area contributed by atoms with Crippen molar-refractivity contribution in [3.8, 4) is 11.3 Å². The van der Waals surface area contributed by atoms with Crippen LogP contribution in [0.1, 0.15) is 12.5 Å². The van der Waals surface area contributed by atoms with Crippen LogP contribution in [0.3, 0.4) is 0 Å². The lowest BCUT2D eigenvalue weighted by atomic mass is 9.99. The summed E-state index contributed by atoms with van der Waals surface area (Å²) in [5.41, 5.74) is 1.69. The lowest BCUT2D eigenvalue weighted by Crippen LogP contribution is -2.50. The molecule has 7 nitrogen and oxygen atoms in total. The van der Waals surface area contributed by atoms with Gasteiger partial charge >= 0.3 is 0 Å². The first-order chi connectivity index (χ1) is 10.1. The van der Waals surface area contributed by atoms with Crippen LogP contribution in [-0.2, 0) is 9.47 Å². The molecule has 0 spiro atoms. The quantitative estimate of drug-likeness (QED) is 0.774. The average Bonchev–Trinajstić information content (AvgIpc) is 3.14. The first-order valence-electron chi connectivity index (χ1n) is 6.82. The van der Waals surface area contributed by atoms with E-state index in [2.05, 4.69) is 10.3 Å². The fourth-order valence-electron chi connectivity index (χ4n) is 2.84. The summed E-state index contributed by atoms with van der Waals surface area (Å²) < 4.78 is 12.4. The molecule has 1 aromatic heterocycles. The van der Waals surface area contributed by atoms with Crippen LogP contribution >= 0.6 is 0 Å². The van der Waals surface area contributed by atoms with Gasteiger partial charge in [-0.25, -0.2) is 4.68 Å². The summed E-state index contributed by atoms with van der Waals surface area (Å²) in [5.74, 6) is -2.00. The number of benzene rings is 1. The van der Waals surface area contributed by atoms with Gasteiger partial charge in [-0.05, 0) is 0 Å². The van der Waals surface area contributed by atoms with Gasteiger partial charge in [0.2, 0.25) is 12.1 Å². The van der Waals surface area contributed by atoms with Gasteiger partial charge in [0, 0.05) is 12.0 Å². The van der Waals surface area contributed by atoms with Gasteiger partial charge in [-0.2, -0.15) is 0 Å². The van der Waals surface area contributed by atoms with E-state index in [4.69, 9.17) is 9.47 Å². The fourth-order valence-corrected chi connectivity index (χ4v) is 2.84. The summed E-state index contributed by atoms with van der Waals surface area (Å²) >= 11 is 0. The summed E-state index contributed by atoms with van der Waals surface area (Å²) in [7, 11) is 0. The lowest BCUT2D eigenvalue weighted by molar-refractivity contribution is -0.315. The zero-order chi connectivity index (χ0) is 14.4. The van der Waals surface area contributed by atoms with E-state index in [1.54, 1.807) is 10.9 Å². The molecule has 4 rings (SSSR count). The second-order valence-electron chi connectivity index (χ2n) is 5.44. The molecule has 2 N–H and O–H groups in total. The summed E-state index contributed by atoms with van der Waals surface area (Å²) in [6.07, 6.45) is 0.668. The molecule has 0 saturated carbocycles. The molecular weight excluding hydrogens is 274 g/mol. The molecule has 2 aliphatic rings. The predicted molar refractivity (Wildman–Crippen MR) is 70.9 cm³/mol. The number of nitrogens with zero attached hydrogens (tertiary/aromatic N) is 3. The standard InChI is InChI=1S/C14H15N3O4/c18-14(19)6-11(12-8-20-13(14)21-12)17-7-10(15-16-17)9-4-2-1-3-5-9/h1-5,7,11-13,18-19H,6,8H2/t11-,12-,13-/m1/s1. The molecule has 1 aromatic carbocycles. The molecule has 0 aliphatic carbocycles. The number of hydrogen-bond acceptors (Lipinski definition) is 6. The molecule has 3 atom stereocenters. The zero-order valence-electron chi connectivity index (χ0n) is 11.2. The molecule has 2 aliphatic heterocycles. The minimum atomic E-state index is -2.00. The van der Waals surface area contributed by atoms with E-state index in [0.717, 1.165) is 11.3 Å². The normalized spacial score (nSPS) is 30.5. The first-order valence-corrected chi connectivity index (χ1v) is 6.82. The van der Waals surface area contributed by atoms with Crippen molar-refractivity contribution in [1.29, 1.82) is 0 Å². The molecular formula is C14H15N3O4. The maximum atomic E-state index is 9.96. The number of aliphatic hydroxyl groups is 2. The number of rotatable bonds is 2. The second-order valence-corrected chi connectivity index (χ2v) is 5.44. The molecule has 110 valence electrons. The number of ether oxygens (including phenoxy) is 2. The van der Waals surface area contributed by atoms with Crippen molar-refractivity contribution in [1.82, 2.24) is 15.0 Å². The first kappa shape index (κ1) is 12.9. The van der Waals surface area contributed by atoms with Gasteiger partial charge in [0.25, 0.3) is 0 Å². The fraction of sp³-hybridized carbons (Fsp3) is 0.429. The minimum absolute atomic E-state index is 0.0971. The number of hydrogen-bond donors (Lipinski definition) is 2. The molecule has 2 aromatic rings. The van der Waals surface area contributed by atoms with Gasteiger partial charge in [0.05, 0.1) is 18.8 Å². The van der Waals surface area contributed by atoms with Gasteiger partial charge in [-0.3, -0.25) is 0 Å². The van der Waals surface area contributed by atoms with E-state index >= 15 is 0 Å². The van der Waals surface area contributed by atoms with Crippen LogP contribution in [0, 0.1) is 0 Å². The molecule has 0 radical (unpaired) electrons. The molecule has 0 amide bonds. The van der Waals surface area contributed by atoms with E-state index in [1.807, 2.05) is 30.3 Å². The van der Waals surface area contributed by atoms with Crippen molar-refractivity contribution < 1.29 is 19.7 Å². The Labute approximate surface area is 120 Å². The van der Waals surface area contributed by atoms with Crippen molar-refractivity contribution in [2.45, 2.75) is 30.6 Å². The highest BCUT2D eigenvalue weighted by Crippen LogP contribution is 2.39. The Morgan fingerprint density at radius 2 is 2.05 bits per heavy atom. The summed E-state index contributed by atoms with van der Waals surface area (Å²) in [4.78, 5) is 0. The Morgan fingerprint density at radius 3 is 2.86 bits per heavy atom. The molecule has 21 heavy (non-hydrogen) atoms. The molecule has 2 fully saturated rings. The highest BCUT2D eigenvalue weighted by molar-refractivity contribution is 5.57. The molecule has 2 bridgehead atoms. The van der Waals surface area contributed by atoms with E-state index in [1.165, 1.54) is 0 Å². The van der Waals surface area contributed by atoms with Gasteiger partial charge < -0.3 is 19.7 Å². The largest absolute Gasteiger partial charge is 0.362 e. The topological polar surface area (TPSA) is 89.6 Å². The average molecular weight is 289 g/mol. The Balaban J connectivity index is 1.64. The SMILES string of the molecule is OC1(O)C[C@@H](n2cc(-c3ccccc3)nn2)[C@H]2CO[C@@H]1O2. The van der Waals surface area contributed by atoms with Crippen molar-refractivity contribution >= 4 is 0 Å². The van der Waals surface area contributed by atoms with Crippen molar-refractivity contribution in [3.63, 3.8) is 0 Å². The van der Waals surface area contributed by atoms with Crippen LogP contribution in [-0.4, -0.2) is 50.0 Å². The van der Waals surface area contributed by atoms with Crippen LogP contribution in [0.4, 0.5) is 0 Å². The highest BCUT2D eigenvalue weighted by atomic mass is 16.8. The van der Waals surface area contributed by atoms with Gasteiger partial charge in [0.1, 0.15) is 11.8 Å². The second kappa shape index (κ2) is 4.60. The third kappa shape index (κ3) is 2.14. The van der Waals surface area contributed by atoms with Crippen LogP contribution in [0.5, 0.6) is 0 Å². The van der Waals surface area contributed by atoms with E-state index in [0.29, 0.717) is 6.61 Å². The summed E-state index contributed by atoms with van der Waals surface area (Å²) in [6.45, 7) is 0.318. The third-order valence-corrected chi connectivity index (χ3v) is 3.95. The highest BCUT2D eigenvalue weighted by Gasteiger charge is 2.53. The van der Waals surface area contributed by atoms with Crippen LogP contribution in [0.25, 0.3) is 11.3 Å². The Morgan fingerprint density at radius 1 is 1.24 bits per heavy atom. The van der Waals surface area contributed by atoms with Crippen LogP contribution in [0.15, 0.2) is 36.5 Å². The van der Waals surface area contributed by atoms with E-state index < -0.39 is 12.1 Å². The van der Waals surface area contributed by atoms with Crippen molar-refractivity contribution in [3.05, 3.63) is 36.5 Å². The zero-order valence-corrected chi connectivity index (χ0v) is 11.2. The Kier molecular flexibility index (Phi) is 2.83. The molecule has 2 saturated heterocycles. The van der Waals surface area contributed by atoms with Crippen molar-refractivity contribution in [2.75, 3.05) is 6.61 Å². The maximum absolute atomic E-state index is 9.96. The number of fused-ring (bicyclic) bond motifs is 2. The summed E-state index contributed by atoms with van der Waals surface area (Å²) in [6, 6.07) is 9.37. The molecule has 3 heterocycles. The maximum Gasteiger partial charge on any atom is 0.217 e. The van der Waals surface area contributed by atoms with Crippen molar-refractivity contribution in [2.24, 2.45) is 0 Å².